The largest absolute Gasteiger partial charge is 0.482 e. The van der Waals surface area contributed by atoms with E-state index in [0.717, 1.165) is 25.9 Å². The van der Waals surface area contributed by atoms with Crippen molar-refractivity contribution in [2.45, 2.75) is 25.9 Å². The van der Waals surface area contributed by atoms with Gasteiger partial charge in [-0.25, -0.2) is 0 Å². The van der Waals surface area contributed by atoms with Gasteiger partial charge in [-0.2, -0.15) is 0 Å². The second-order valence-corrected chi connectivity index (χ2v) is 4.26. The molecule has 5 heteroatoms. The van der Waals surface area contributed by atoms with Crippen LogP contribution in [-0.4, -0.2) is 24.1 Å². The molecule has 1 atom stereocenters. The summed E-state index contributed by atoms with van der Waals surface area (Å²) in [6, 6.07) is 5.18. The Morgan fingerprint density at radius 1 is 1.53 bits per heavy atom. The minimum absolute atomic E-state index is 0.0317. The van der Waals surface area contributed by atoms with Crippen molar-refractivity contribution in [2.24, 2.45) is 0 Å². The summed E-state index contributed by atoms with van der Waals surface area (Å²) in [5.74, 6) is 0.378. The van der Waals surface area contributed by atoms with Gasteiger partial charge in [0.2, 0.25) is 0 Å². The fourth-order valence-corrected chi connectivity index (χ4v) is 2.06. The molecule has 0 spiro atoms. The van der Waals surface area contributed by atoms with E-state index < -0.39 is 0 Å². The first-order valence-electron chi connectivity index (χ1n) is 5.80. The molecule has 0 saturated carbocycles. The molecule has 0 radical (unpaired) electrons. The Labute approximate surface area is 99.9 Å². The van der Waals surface area contributed by atoms with E-state index in [4.69, 9.17) is 4.74 Å². The highest BCUT2D eigenvalue weighted by Gasteiger charge is 2.22. The van der Waals surface area contributed by atoms with Gasteiger partial charge in [0.25, 0.3) is 0 Å². The van der Waals surface area contributed by atoms with Crippen LogP contribution < -0.4 is 10.1 Å². The van der Waals surface area contributed by atoms with Crippen molar-refractivity contribution in [2.75, 3.05) is 13.1 Å². The highest BCUT2D eigenvalue weighted by molar-refractivity contribution is 5.52. The van der Waals surface area contributed by atoms with Gasteiger partial charge in [0.15, 0.2) is 5.75 Å². The molecule has 17 heavy (non-hydrogen) atoms. The van der Waals surface area contributed by atoms with E-state index in [0.29, 0.717) is 11.3 Å². The standard InChI is InChI=1S/C12H16N2O3/c1-9-4-2-6-11(12(9)14(15)16)17-10-5-3-7-13-8-10/h2,4,6,10,13H,3,5,7-8H2,1H3. The van der Waals surface area contributed by atoms with Gasteiger partial charge in [0.1, 0.15) is 6.10 Å². The Kier molecular flexibility index (Phi) is 3.58. The topological polar surface area (TPSA) is 64.4 Å². The SMILES string of the molecule is Cc1cccc(OC2CCCNC2)c1[N+](=O)[O-]. The average molecular weight is 236 g/mol. The zero-order chi connectivity index (χ0) is 12.3. The van der Waals surface area contributed by atoms with Crippen LogP contribution in [0.4, 0.5) is 5.69 Å². The van der Waals surface area contributed by atoms with Gasteiger partial charge in [-0.05, 0) is 32.4 Å². The van der Waals surface area contributed by atoms with Crippen LogP contribution in [0.15, 0.2) is 18.2 Å². The first-order chi connectivity index (χ1) is 8.18. The third-order valence-electron chi connectivity index (χ3n) is 2.93. The van der Waals surface area contributed by atoms with E-state index >= 15 is 0 Å². The van der Waals surface area contributed by atoms with Crippen LogP contribution in [0.1, 0.15) is 18.4 Å². The second kappa shape index (κ2) is 5.14. The van der Waals surface area contributed by atoms with E-state index in [9.17, 15) is 10.1 Å². The maximum absolute atomic E-state index is 11.0. The van der Waals surface area contributed by atoms with Gasteiger partial charge < -0.3 is 10.1 Å². The lowest BCUT2D eigenvalue weighted by Crippen LogP contribution is -2.37. The molecule has 1 fully saturated rings. The van der Waals surface area contributed by atoms with Crippen LogP contribution in [0, 0.1) is 17.0 Å². The van der Waals surface area contributed by atoms with Crippen molar-refractivity contribution in [1.29, 1.82) is 0 Å². The highest BCUT2D eigenvalue weighted by atomic mass is 16.6. The maximum Gasteiger partial charge on any atom is 0.313 e. The summed E-state index contributed by atoms with van der Waals surface area (Å²) >= 11 is 0. The van der Waals surface area contributed by atoms with E-state index in [1.807, 2.05) is 0 Å². The first kappa shape index (κ1) is 11.9. The van der Waals surface area contributed by atoms with Crippen molar-refractivity contribution in [3.8, 4) is 5.75 Å². The number of nitrogens with zero attached hydrogens (tertiary/aromatic N) is 1. The van der Waals surface area contributed by atoms with Crippen molar-refractivity contribution in [1.82, 2.24) is 5.32 Å². The molecule has 92 valence electrons. The predicted octanol–water partition coefficient (Wildman–Crippen LogP) is 2.03. The summed E-state index contributed by atoms with van der Waals surface area (Å²) in [5.41, 5.74) is 0.717. The number of aryl methyl sites for hydroxylation is 1. The fraction of sp³-hybridized carbons (Fsp3) is 0.500. The lowest BCUT2D eigenvalue weighted by Gasteiger charge is -2.23. The summed E-state index contributed by atoms with van der Waals surface area (Å²) in [7, 11) is 0. The zero-order valence-corrected chi connectivity index (χ0v) is 9.81. The van der Waals surface area contributed by atoms with Gasteiger partial charge in [-0.15, -0.1) is 0 Å². The van der Waals surface area contributed by atoms with Crippen LogP contribution >= 0.6 is 0 Å². The van der Waals surface area contributed by atoms with Crippen LogP contribution in [0.2, 0.25) is 0 Å². The zero-order valence-electron chi connectivity index (χ0n) is 9.81. The third-order valence-corrected chi connectivity index (χ3v) is 2.93. The average Bonchev–Trinajstić information content (AvgIpc) is 2.30. The molecule has 1 aromatic rings. The molecule has 5 nitrogen and oxygen atoms in total. The van der Waals surface area contributed by atoms with Gasteiger partial charge in [0, 0.05) is 12.1 Å². The Hall–Kier alpha value is -1.62. The monoisotopic (exact) mass is 236 g/mol. The summed E-state index contributed by atoms with van der Waals surface area (Å²) in [5, 5.41) is 14.2. The number of nitrogens with one attached hydrogen (secondary N) is 1. The molecule has 1 aliphatic rings. The van der Waals surface area contributed by atoms with Crippen LogP contribution in [0.25, 0.3) is 0 Å². The number of ether oxygens (including phenoxy) is 1. The molecule has 0 aromatic heterocycles. The van der Waals surface area contributed by atoms with Crippen molar-refractivity contribution in [3.05, 3.63) is 33.9 Å². The lowest BCUT2D eigenvalue weighted by molar-refractivity contribution is -0.386. The second-order valence-electron chi connectivity index (χ2n) is 4.26. The van der Waals surface area contributed by atoms with Gasteiger partial charge >= 0.3 is 5.69 Å². The molecule has 1 unspecified atom stereocenters. The number of rotatable bonds is 3. The predicted molar refractivity (Wildman–Crippen MR) is 64.4 cm³/mol. The van der Waals surface area contributed by atoms with Crippen molar-refractivity contribution >= 4 is 5.69 Å². The molecule has 1 saturated heterocycles. The maximum atomic E-state index is 11.0. The normalized spacial score (nSPS) is 19.9. The van der Waals surface area contributed by atoms with Crippen LogP contribution in [0.3, 0.4) is 0 Å². The molecule has 1 N–H and O–H groups in total. The number of hydrogen-bond acceptors (Lipinski definition) is 4. The summed E-state index contributed by atoms with van der Waals surface area (Å²) in [6.07, 6.45) is 2.02. The van der Waals surface area contributed by atoms with E-state index in [1.165, 1.54) is 0 Å². The number of para-hydroxylation sites is 1. The van der Waals surface area contributed by atoms with Gasteiger partial charge in [-0.3, -0.25) is 10.1 Å². The quantitative estimate of drug-likeness (QED) is 0.644. The fourth-order valence-electron chi connectivity index (χ4n) is 2.06. The van der Waals surface area contributed by atoms with Crippen molar-refractivity contribution < 1.29 is 9.66 Å². The Balaban J connectivity index is 2.19. The number of nitro benzene ring substituents is 1. The van der Waals surface area contributed by atoms with Gasteiger partial charge in [0.05, 0.1) is 4.92 Å². The first-order valence-corrected chi connectivity index (χ1v) is 5.80. The molecule has 0 aliphatic carbocycles. The van der Waals surface area contributed by atoms with E-state index in [-0.39, 0.29) is 16.7 Å². The Morgan fingerprint density at radius 2 is 2.35 bits per heavy atom. The molecule has 0 bridgehead atoms. The third kappa shape index (κ3) is 2.74. The van der Waals surface area contributed by atoms with E-state index in [1.54, 1.807) is 25.1 Å². The summed E-state index contributed by atoms with van der Waals surface area (Å²) in [6.45, 7) is 3.48. The van der Waals surface area contributed by atoms with Crippen LogP contribution in [-0.2, 0) is 0 Å². The highest BCUT2D eigenvalue weighted by Crippen LogP contribution is 2.31. The molecule has 2 rings (SSSR count). The van der Waals surface area contributed by atoms with E-state index in [2.05, 4.69) is 5.32 Å². The number of piperidine rings is 1. The molecular weight excluding hydrogens is 220 g/mol. The van der Waals surface area contributed by atoms with Crippen molar-refractivity contribution in [3.63, 3.8) is 0 Å². The van der Waals surface area contributed by atoms with Crippen LogP contribution in [0.5, 0.6) is 5.75 Å². The molecule has 0 amide bonds. The molecule has 1 heterocycles. The summed E-state index contributed by atoms with van der Waals surface area (Å²) < 4.78 is 5.72. The number of hydrogen-bond donors (Lipinski definition) is 1. The minimum atomic E-state index is -0.374. The lowest BCUT2D eigenvalue weighted by atomic mass is 10.1. The number of nitro groups is 1. The minimum Gasteiger partial charge on any atom is -0.482 e. The number of benzene rings is 1. The smallest absolute Gasteiger partial charge is 0.313 e. The molecular formula is C12H16N2O3. The molecule has 1 aromatic carbocycles. The van der Waals surface area contributed by atoms with Gasteiger partial charge in [-0.1, -0.05) is 12.1 Å². The Morgan fingerprint density at radius 3 is 3.00 bits per heavy atom. The Bertz CT molecular complexity index is 414. The summed E-state index contributed by atoms with van der Waals surface area (Å²) in [4.78, 5) is 10.6. The molecule has 1 aliphatic heterocycles.